The van der Waals surface area contributed by atoms with Crippen LogP contribution in [-0.2, 0) is 0 Å². The molecule has 0 unspecified atom stereocenters. The molecule has 4 heteroatoms. The Balaban J connectivity index is 2.43. The molecule has 0 aliphatic rings. The van der Waals surface area contributed by atoms with Gasteiger partial charge in [-0.3, -0.25) is 0 Å². The molecule has 12 heavy (non-hydrogen) atoms. The lowest BCUT2D eigenvalue weighted by atomic mass is 10.3. The summed E-state index contributed by atoms with van der Waals surface area (Å²) in [6, 6.07) is 3.88. The van der Waals surface area contributed by atoms with Crippen LogP contribution in [0.25, 0.3) is 10.4 Å². The van der Waals surface area contributed by atoms with E-state index in [-0.39, 0.29) is 0 Å². The lowest BCUT2D eigenvalue weighted by molar-refractivity contribution is 0.539. The Morgan fingerprint density at radius 1 is 1.25 bits per heavy atom. The molecule has 0 bridgehead atoms. The Labute approximate surface area is 72.7 Å². The topological polar surface area (TPSA) is 25.8 Å². The molecule has 0 aromatic carbocycles. The van der Waals surface area contributed by atoms with Crippen LogP contribution in [-0.4, -0.2) is 9.97 Å². The van der Waals surface area contributed by atoms with E-state index in [1.165, 1.54) is 12.4 Å². The van der Waals surface area contributed by atoms with Gasteiger partial charge in [-0.15, -0.1) is 11.3 Å². The highest BCUT2D eigenvalue weighted by Gasteiger charge is 1.99. The fourth-order valence-corrected chi connectivity index (χ4v) is 1.58. The zero-order chi connectivity index (χ0) is 8.39. The van der Waals surface area contributed by atoms with Gasteiger partial charge >= 0.3 is 6.08 Å². The third kappa shape index (κ3) is 1.33. The van der Waals surface area contributed by atoms with E-state index in [2.05, 4.69) is 9.97 Å². The molecule has 0 saturated carbocycles. The van der Waals surface area contributed by atoms with E-state index >= 15 is 0 Å². The normalized spacial score (nSPS) is 10.1. The molecule has 60 valence electrons. The highest BCUT2D eigenvalue weighted by Crippen LogP contribution is 2.22. The molecule has 2 aromatic heterocycles. The van der Waals surface area contributed by atoms with Gasteiger partial charge in [-0.2, -0.15) is 4.39 Å². The van der Waals surface area contributed by atoms with Crippen LogP contribution in [0.4, 0.5) is 4.39 Å². The standard InChI is InChI=1S/C8H5FN2S/c9-8-10-4-6(5-11-8)7-2-1-3-12-7/h1-5H. The summed E-state index contributed by atoms with van der Waals surface area (Å²) < 4.78 is 12.3. The van der Waals surface area contributed by atoms with Crippen molar-refractivity contribution in [3.05, 3.63) is 36.0 Å². The zero-order valence-corrected chi connectivity index (χ0v) is 6.88. The van der Waals surface area contributed by atoms with Gasteiger partial charge in [0, 0.05) is 22.8 Å². The molecule has 2 nitrogen and oxygen atoms in total. The Kier molecular flexibility index (Phi) is 1.83. The highest BCUT2D eigenvalue weighted by atomic mass is 32.1. The van der Waals surface area contributed by atoms with Gasteiger partial charge in [0.05, 0.1) is 0 Å². The molecule has 2 heterocycles. The minimum absolute atomic E-state index is 0.685. The average molecular weight is 180 g/mol. The summed E-state index contributed by atoms with van der Waals surface area (Å²) in [5.74, 6) is 0. The zero-order valence-electron chi connectivity index (χ0n) is 6.07. The molecule has 0 saturated heterocycles. The van der Waals surface area contributed by atoms with Crippen LogP contribution in [0.5, 0.6) is 0 Å². The summed E-state index contributed by atoms with van der Waals surface area (Å²) in [6.07, 6.45) is 2.28. The fraction of sp³-hybridized carbons (Fsp3) is 0. The van der Waals surface area contributed by atoms with Crippen molar-refractivity contribution in [3.8, 4) is 10.4 Å². The van der Waals surface area contributed by atoms with E-state index in [0.717, 1.165) is 10.4 Å². The first-order valence-electron chi connectivity index (χ1n) is 3.38. The molecule has 0 spiro atoms. The van der Waals surface area contributed by atoms with Crippen molar-refractivity contribution in [2.45, 2.75) is 0 Å². The molecule has 2 aromatic rings. The quantitative estimate of drug-likeness (QED) is 0.629. The third-order valence-corrected chi connectivity index (χ3v) is 2.34. The first-order chi connectivity index (χ1) is 5.86. The van der Waals surface area contributed by atoms with Gasteiger partial charge in [0.1, 0.15) is 0 Å². The SMILES string of the molecule is Fc1ncc(-c2cccs2)cn1. The van der Waals surface area contributed by atoms with Crippen molar-refractivity contribution in [1.29, 1.82) is 0 Å². The largest absolute Gasteiger partial charge is 0.308 e. The number of nitrogens with zero attached hydrogens (tertiary/aromatic N) is 2. The van der Waals surface area contributed by atoms with Gasteiger partial charge in [-0.1, -0.05) is 6.07 Å². The van der Waals surface area contributed by atoms with Crippen molar-refractivity contribution in [2.75, 3.05) is 0 Å². The lowest BCUT2D eigenvalue weighted by Gasteiger charge is -1.93. The summed E-state index contributed by atoms with van der Waals surface area (Å²) in [4.78, 5) is 7.98. The molecule has 0 aliphatic carbocycles. The number of rotatable bonds is 1. The number of thiophene rings is 1. The smallest absolute Gasteiger partial charge is 0.210 e. The van der Waals surface area contributed by atoms with Crippen LogP contribution in [0.3, 0.4) is 0 Å². The molecule has 0 N–H and O–H groups in total. The number of aromatic nitrogens is 2. The maximum atomic E-state index is 12.3. The van der Waals surface area contributed by atoms with Gasteiger partial charge in [0.2, 0.25) is 0 Å². The number of halogens is 1. The second kappa shape index (κ2) is 2.98. The average Bonchev–Trinajstić information content (AvgIpc) is 2.58. The second-order valence-electron chi connectivity index (χ2n) is 2.22. The minimum Gasteiger partial charge on any atom is -0.210 e. The maximum Gasteiger partial charge on any atom is 0.308 e. The van der Waals surface area contributed by atoms with Crippen LogP contribution < -0.4 is 0 Å². The predicted octanol–water partition coefficient (Wildman–Crippen LogP) is 2.34. The van der Waals surface area contributed by atoms with E-state index in [1.54, 1.807) is 11.3 Å². The monoisotopic (exact) mass is 180 g/mol. The highest BCUT2D eigenvalue weighted by molar-refractivity contribution is 7.13. The van der Waals surface area contributed by atoms with E-state index in [9.17, 15) is 4.39 Å². The Morgan fingerprint density at radius 3 is 2.58 bits per heavy atom. The van der Waals surface area contributed by atoms with Gasteiger partial charge < -0.3 is 0 Å². The number of hydrogen-bond acceptors (Lipinski definition) is 3. The van der Waals surface area contributed by atoms with Gasteiger partial charge in [-0.05, 0) is 11.4 Å². The summed E-state index contributed by atoms with van der Waals surface area (Å²) in [5, 5.41) is 1.96. The summed E-state index contributed by atoms with van der Waals surface area (Å²) in [7, 11) is 0. The molecular formula is C8H5FN2S. The Morgan fingerprint density at radius 2 is 2.00 bits per heavy atom. The molecule has 0 atom stereocenters. The molecule has 0 radical (unpaired) electrons. The summed E-state index contributed by atoms with van der Waals surface area (Å²) in [5.41, 5.74) is 0.853. The maximum absolute atomic E-state index is 12.3. The van der Waals surface area contributed by atoms with E-state index < -0.39 is 6.08 Å². The van der Waals surface area contributed by atoms with Gasteiger partial charge in [0.25, 0.3) is 0 Å². The number of hydrogen-bond donors (Lipinski definition) is 0. The van der Waals surface area contributed by atoms with Crippen molar-refractivity contribution < 1.29 is 4.39 Å². The third-order valence-electron chi connectivity index (χ3n) is 1.43. The van der Waals surface area contributed by atoms with Crippen molar-refractivity contribution >= 4 is 11.3 Å². The molecule has 0 fully saturated rings. The van der Waals surface area contributed by atoms with E-state index in [4.69, 9.17) is 0 Å². The Bertz CT molecular complexity index is 355. The second-order valence-corrected chi connectivity index (χ2v) is 3.17. The summed E-state index contributed by atoms with van der Waals surface area (Å²) in [6.45, 7) is 0. The lowest BCUT2D eigenvalue weighted by Crippen LogP contribution is -1.86. The van der Waals surface area contributed by atoms with E-state index in [0.29, 0.717) is 0 Å². The predicted molar refractivity (Wildman–Crippen MR) is 45.3 cm³/mol. The first kappa shape index (κ1) is 7.36. The fourth-order valence-electron chi connectivity index (χ4n) is 0.882. The Hall–Kier alpha value is -1.29. The molecular weight excluding hydrogens is 175 g/mol. The minimum atomic E-state index is -0.685. The summed E-state index contributed by atoms with van der Waals surface area (Å²) >= 11 is 1.58. The van der Waals surface area contributed by atoms with Crippen molar-refractivity contribution in [3.63, 3.8) is 0 Å². The first-order valence-corrected chi connectivity index (χ1v) is 4.25. The van der Waals surface area contributed by atoms with E-state index in [1.807, 2.05) is 17.5 Å². The van der Waals surface area contributed by atoms with Crippen LogP contribution in [0.1, 0.15) is 0 Å². The van der Waals surface area contributed by atoms with Gasteiger partial charge in [-0.25, -0.2) is 9.97 Å². The van der Waals surface area contributed by atoms with Crippen molar-refractivity contribution in [2.24, 2.45) is 0 Å². The molecule has 2 rings (SSSR count). The van der Waals surface area contributed by atoms with Crippen LogP contribution in [0, 0.1) is 6.08 Å². The molecule has 0 aliphatic heterocycles. The van der Waals surface area contributed by atoms with Crippen LogP contribution in [0.2, 0.25) is 0 Å². The van der Waals surface area contributed by atoms with Crippen molar-refractivity contribution in [1.82, 2.24) is 9.97 Å². The van der Waals surface area contributed by atoms with Crippen LogP contribution >= 0.6 is 11.3 Å². The van der Waals surface area contributed by atoms with Crippen LogP contribution in [0.15, 0.2) is 29.9 Å². The molecule has 0 amide bonds. The van der Waals surface area contributed by atoms with Gasteiger partial charge in [0.15, 0.2) is 0 Å².